The monoisotopic (exact) mass is 598 g/mol. The van der Waals surface area contributed by atoms with Gasteiger partial charge in [-0.25, -0.2) is 18.5 Å². The number of fused-ring (bicyclic) bond motifs is 1. The summed E-state index contributed by atoms with van der Waals surface area (Å²) < 4.78 is 65.7. The van der Waals surface area contributed by atoms with Crippen LogP contribution >= 0.6 is 0 Å². The van der Waals surface area contributed by atoms with E-state index in [0.717, 1.165) is 23.9 Å². The van der Waals surface area contributed by atoms with Gasteiger partial charge in [0.1, 0.15) is 5.58 Å². The van der Waals surface area contributed by atoms with Crippen molar-refractivity contribution in [3.63, 3.8) is 0 Å². The molecule has 0 N–H and O–H groups in total. The number of alkyl halides is 3. The molecule has 220 valence electrons. The van der Waals surface area contributed by atoms with Gasteiger partial charge in [-0.1, -0.05) is 30.3 Å². The molecule has 1 unspecified atom stereocenters. The zero-order valence-corrected chi connectivity index (χ0v) is 23.5. The number of rotatable bonds is 8. The number of aryl methyl sites for hydroxylation is 1. The van der Waals surface area contributed by atoms with Crippen molar-refractivity contribution < 1.29 is 31.3 Å². The summed E-state index contributed by atoms with van der Waals surface area (Å²) in [6, 6.07) is 15.3. The zero-order valence-electron chi connectivity index (χ0n) is 22.7. The maximum Gasteiger partial charge on any atom is 0.416 e. The average molecular weight is 599 g/mol. The molecule has 0 amide bonds. The highest BCUT2D eigenvalue weighted by molar-refractivity contribution is 7.82. The van der Waals surface area contributed by atoms with E-state index < -0.39 is 28.8 Å². The number of Topliss-reactive ketones (excluding diaryl/α,β-unsaturated/α-hetero) is 1. The summed E-state index contributed by atoms with van der Waals surface area (Å²) in [5.41, 5.74) is 1.52. The molecule has 2 aliphatic heterocycles. The molecule has 8 nitrogen and oxygen atoms in total. The number of ketones is 1. The Morgan fingerprint density at radius 3 is 2.50 bits per heavy atom. The van der Waals surface area contributed by atoms with Crippen LogP contribution in [-0.4, -0.2) is 63.2 Å². The summed E-state index contributed by atoms with van der Waals surface area (Å²) in [6.45, 7) is 2.72. The van der Waals surface area contributed by atoms with Crippen LogP contribution < -0.4 is 4.90 Å². The number of hydrogen-bond donors (Lipinski definition) is 0. The van der Waals surface area contributed by atoms with E-state index in [1.54, 1.807) is 16.4 Å². The van der Waals surface area contributed by atoms with E-state index in [4.69, 9.17) is 14.1 Å². The number of carbonyl (C=O) groups excluding carboxylic acids is 1. The number of aromatic nitrogens is 2. The predicted octanol–water partition coefficient (Wildman–Crippen LogP) is 5.43. The first-order valence-corrected chi connectivity index (χ1v) is 14.9. The van der Waals surface area contributed by atoms with Crippen molar-refractivity contribution in [2.75, 3.05) is 37.7 Å². The van der Waals surface area contributed by atoms with Gasteiger partial charge in [0.2, 0.25) is 11.0 Å². The topological polar surface area (TPSA) is 88.8 Å². The van der Waals surface area contributed by atoms with Crippen LogP contribution in [0.2, 0.25) is 0 Å². The largest absolute Gasteiger partial charge is 0.446 e. The molecule has 4 heterocycles. The van der Waals surface area contributed by atoms with Crippen molar-refractivity contribution >= 4 is 33.7 Å². The number of ether oxygens (including phenoxy) is 1. The van der Waals surface area contributed by atoms with Crippen LogP contribution in [0.4, 0.5) is 19.1 Å². The Balaban J connectivity index is 1.20. The molecular weight excluding hydrogens is 569 g/mol. The molecule has 0 saturated carbocycles. The van der Waals surface area contributed by atoms with Crippen LogP contribution in [0.5, 0.6) is 0 Å². The smallest absolute Gasteiger partial charge is 0.416 e. The highest BCUT2D eigenvalue weighted by atomic mass is 32.2. The van der Waals surface area contributed by atoms with Gasteiger partial charge in [0.15, 0.2) is 16.8 Å². The molecule has 4 aromatic rings. The molecule has 2 saturated heterocycles. The lowest BCUT2D eigenvalue weighted by Crippen LogP contribution is -2.38. The van der Waals surface area contributed by atoms with Crippen molar-refractivity contribution in [3.05, 3.63) is 71.9 Å². The lowest BCUT2D eigenvalue weighted by atomic mass is 10.0. The fourth-order valence-corrected chi connectivity index (χ4v) is 6.70. The molecule has 2 fully saturated rings. The van der Waals surface area contributed by atoms with Gasteiger partial charge in [-0.3, -0.25) is 4.79 Å². The predicted molar refractivity (Wildman–Crippen MR) is 151 cm³/mol. The third-order valence-electron chi connectivity index (χ3n) is 7.56. The minimum absolute atomic E-state index is 0.0421. The fourth-order valence-electron chi connectivity index (χ4n) is 5.33. The number of para-hydroxylation sites is 1. The van der Waals surface area contributed by atoms with Crippen molar-refractivity contribution in [2.24, 2.45) is 0 Å². The van der Waals surface area contributed by atoms with Crippen molar-refractivity contribution in [3.8, 4) is 11.3 Å². The molecule has 2 atom stereocenters. The summed E-state index contributed by atoms with van der Waals surface area (Å²) in [5.74, 6) is 0.409. The van der Waals surface area contributed by atoms with E-state index in [1.807, 2.05) is 29.2 Å². The summed E-state index contributed by atoms with van der Waals surface area (Å²) in [4.78, 5) is 24.7. The minimum Gasteiger partial charge on any atom is -0.446 e. The molecule has 42 heavy (non-hydrogen) atoms. The summed E-state index contributed by atoms with van der Waals surface area (Å²) in [5, 5.41) is 1.18. The highest BCUT2D eigenvalue weighted by Crippen LogP contribution is 2.32. The summed E-state index contributed by atoms with van der Waals surface area (Å²) in [6.07, 6.45) is -2.60. The molecule has 2 aromatic carbocycles. The standard InChI is InChI=1S/C30H29F3N4O4S/c31-30(32,33)22-9-7-20(8-10-22)24-19-23(34-29(35-24)36-14-16-40-17-15-36)11-12-26(38)25-5-3-13-37(25)42(39)28-18-21-4-1-2-6-27(21)41-28/h1-2,4,6-10,18-19,25H,3,5,11-17H2/t25-,42?/m0/s1. The molecule has 0 spiro atoms. The number of carbonyl (C=O) groups is 1. The molecule has 2 aromatic heterocycles. The Bertz CT molecular complexity index is 1570. The van der Waals surface area contributed by atoms with Gasteiger partial charge in [-0.05, 0) is 43.5 Å². The SMILES string of the molecule is O=C(CCc1cc(-c2ccc(C(F)(F)F)cc2)nc(N2CCOCC2)n1)[C@@H]1CCCN1S(=O)c1cc2ccccc2o1. The highest BCUT2D eigenvalue weighted by Gasteiger charge is 2.36. The normalized spacial score (nSPS) is 18.9. The molecule has 0 radical (unpaired) electrons. The Hall–Kier alpha value is -3.61. The summed E-state index contributed by atoms with van der Waals surface area (Å²) >= 11 is 0. The van der Waals surface area contributed by atoms with Crippen LogP contribution in [0.15, 0.2) is 70.2 Å². The van der Waals surface area contributed by atoms with Crippen LogP contribution in [-0.2, 0) is 33.1 Å². The zero-order chi connectivity index (χ0) is 29.3. The van der Waals surface area contributed by atoms with E-state index in [1.165, 1.54) is 12.1 Å². The lowest BCUT2D eigenvalue weighted by Gasteiger charge is -2.27. The maximum atomic E-state index is 13.4. The van der Waals surface area contributed by atoms with Gasteiger partial charge < -0.3 is 14.1 Å². The van der Waals surface area contributed by atoms with Crippen LogP contribution in [0.1, 0.15) is 30.5 Å². The van der Waals surface area contributed by atoms with Gasteiger partial charge in [0.25, 0.3) is 0 Å². The van der Waals surface area contributed by atoms with E-state index in [-0.39, 0.29) is 12.2 Å². The van der Waals surface area contributed by atoms with Gasteiger partial charge in [-0.15, -0.1) is 0 Å². The number of halogens is 3. The van der Waals surface area contributed by atoms with E-state index in [9.17, 15) is 22.2 Å². The first kappa shape index (κ1) is 28.5. The quantitative estimate of drug-likeness (QED) is 0.267. The first-order valence-electron chi connectivity index (χ1n) is 13.8. The number of furan rings is 1. The number of benzene rings is 2. The number of nitrogens with zero attached hydrogens (tertiary/aromatic N) is 4. The van der Waals surface area contributed by atoms with Gasteiger partial charge in [0, 0.05) is 48.8 Å². The van der Waals surface area contributed by atoms with Crippen LogP contribution in [0, 0.1) is 0 Å². The van der Waals surface area contributed by atoms with E-state index >= 15 is 0 Å². The number of morpholine rings is 1. The first-order chi connectivity index (χ1) is 20.3. The molecule has 0 aliphatic carbocycles. The van der Waals surface area contributed by atoms with Gasteiger partial charge >= 0.3 is 6.18 Å². The third kappa shape index (κ3) is 6.11. The maximum absolute atomic E-state index is 13.4. The van der Waals surface area contributed by atoms with E-state index in [0.29, 0.717) is 79.3 Å². The molecule has 2 aliphatic rings. The van der Waals surface area contributed by atoms with Crippen molar-refractivity contribution in [2.45, 2.75) is 43.0 Å². The molecule has 12 heteroatoms. The molecule has 0 bridgehead atoms. The summed E-state index contributed by atoms with van der Waals surface area (Å²) in [7, 11) is -1.61. The lowest BCUT2D eigenvalue weighted by molar-refractivity contribution is -0.137. The van der Waals surface area contributed by atoms with Gasteiger partial charge in [-0.2, -0.15) is 13.2 Å². The van der Waals surface area contributed by atoms with Crippen LogP contribution in [0.3, 0.4) is 0 Å². The Kier molecular flexibility index (Phi) is 8.11. The number of hydrogen-bond acceptors (Lipinski definition) is 7. The average Bonchev–Trinajstić information content (AvgIpc) is 3.67. The fraction of sp³-hybridized carbons (Fsp3) is 0.367. The van der Waals surface area contributed by atoms with Crippen LogP contribution in [0.25, 0.3) is 22.2 Å². The Morgan fingerprint density at radius 2 is 1.76 bits per heavy atom. The van der Waals surface area contributed by atoms with Crippen molar-refractivity contribution in [1.82, 2.24) is 14.3 Å². The second-order valence-electron chi connectivity index (χ2n) is 10.3. The second-order valence-corrected chi connectivity index (χ2v) is 11.7. The van der Waals surface area contributed by atoms with E-state index in [2.05, 4.69) is 4.98 Å². The molecular formula is C30H29F3N4O4S. The van der Waals surface area contributed by atoms with Gasteiger partial charge in [0.05, 0.1) is 30.5 Å². The van der Waals surface area contributed by atoms with Crippen molar-refractivity contribution in [1.29, 1.82) is 0 Å². The molecule has 6 rings (SSSR count). The third-order valence-corrected chi connectivity index (χ3v) is 8.97. The Labute approximate surface area is 243 Å². The number of anilines is 1. The Morgan fingerprint density at radius 1 is 1.00 bits per heavy atom. The minimum atomic E-state index is -4.43. The second kappa shape index (κ2) is 11.9.